The van der Waals surface area contributed by atoms with Gasteiger partial charge in [-0.1, -0.05) is 39.7 Å². The highest BCUT2D eigenvalue weighted by atomic mass is 16.3. The topological polar surface area (TPSA) is 20.2 Å². The van der Waals surface area contributed by atoms with E-state index < -0.39 is 0 Å². The van der Waals surface area contributed by atoms with Gasteiger partial charge in [0, 0.05) is 0 Å². The second-order valence-electron chi connectivity index (χ2n) is 8.04. The van der Waals surface area contributed by atoms with E-state index in [1.807, 2.05) is 12.1 Å². The van der Waals surface area contributed by atoms with Gasteiger partial charge in [0.1, 0.15) is 5.75 Å². The maximum atomic E-state index is 9.75. The summed E-state index contributed by atoms with van der Waals surface area (Å²) in [5.41, 5.74) is 3.43. The van der Waals surface area contributed by atoms with Crippen molar-refractivity contribution in [2.45, 2.75) is 71.6 Å². The predicted molar refractivity (Wildman–Crippen MR) is 88.7 cm³/mol. The van der Waals surface area contributed by atoms with Crippen LogP contribution in [0.5, 0.6) is 5.75 Å². The van der Waals surface area contributed by atoms with Gasteiger partial charge in [0.2, 0.25) is 0 Å². The molecule has 1 saturated carbocycles. The molecular formula is C20H30O. The maximum absolute atomic E-state index is 9.75. The quantitative estimate of drug-likeness (QED) is 0.759. The molecule has 116 valence electrons. The number of phenols is 1. The highest BCUT2D eigenvalue weighted by molar-refractivity contribution is 5.40. The van der Waals surface area contributed by atoms with E-state index in [4.69, 9.17) is 0 Å². The van der Waals surface area contributed by atoms with E-state index in [1.54, 1.807) is 0 Å². The minimum atomic E-state index is 0.435. The average molecular weight is 286 g/mol. The number of hydrogen-bond donors (Lipinski definition) is 1. The molecule has 3 atom stereocenters. The smallest absolute Gasteiger partial charge is 0.115 e. The molecule has 1 aromatic rings. The zero-order chi connectivity index (χ0) is 15.0. The van der Waals surface area contributed by atoms with Gasteiger partial charge in [-0.2, -0.15) is 0 Å². The van der Waals surface area contributed by atoms with Crippen molar-refractivity contribution in [3.05, 3.63) is 29.3 Å². The van der Waals surface area contributed by atoms with Gasteiger partial charge in [-0.25, -0.2) is 0 Å². The molecule has 0 radical (unpaired) electrons. The third-order valence-electron chi connectivity index (χ3n) is 6.30. The Morgan fingerprint density at radius 2 is 2.10 bits per heavy atom. The Morgan fingerprint density at radius 3 is 2.86 bits per heavy atom. The number of fused-ring (bicyclic) bond motifs is 3. The first-order chi connectivity index (χ1) is 10.0. The number of aromatic hydroxyl groups is 1. The van der Waals surface area contributed by atoms with Crippen LogP contribution < -0.4 is 0 Å². The van der Waals surface area contributed by atoms with Crippen LogP contribution in [-0.4, -0.2) is 5.11 Å². The molecule has 2 unspecified atom stereocenters. The monoisotopic (exact) mass is 286 g/mol. The molecule has 3 rings (SSSR count). The van der Waals surface area contributed by atoms with Crippen LogP contribution in [0.25, 0.3) is 0 Å². The first kappa shape index (κ1) is 14.9. The summed E-state index contributed by atoms with van der Waals surface area (Å²) >= 11 is 0. The van der Waals surface area contributed by atoms with Gasteiger partial charge in [-0.05, 0) is 78.5 Å². The van der Waals surface area contributed by atoms with Crippen LogP contribution >= 0.6 is 0 Å². The normalized spacial score (nSPS) is 31.8. The summed E-state index contributed by atoms with van der Waals surface area (Å²) in [6.07, 6.45) is 9.36. The van der Waals surface area contributed by atoms with E-state index in [2.05, 4.69) is 26.8 Å². The number of benzene rings is 1. The second kappa shape index (κ2) is 5.66. The molecule has 1 heteroatoms. The molecule has 0 heterocycles. The van der Waals surface area contributed by atoms with Crippen molar-refractivity contribution in [3.63, 3.8) is 0 Å². The van der Waals surface area contributed by atoms with E-state index in [9.17, 15) is 5.11 Å². The van der Waals surface area contributed by atoms with Gasteiger partial charge in [0.05, 0.1) is 0 Å². The molecule has 21 heavy (non-hydrogen) atoms. The predicted octanol–water partition coefficient (Wildman–Crippen LogP) is 5.66. The molecule has 0 saturated heterocycles. The third kappa shape index (κ3) is 2.72. The molecule has 1 nitrogen and oxygen atoms in total. The van der Waals surface area contributed by atoms with Crippen LogP contribution in [0.3, 0.4) is 0 Å². The highest BCUT2D eigenvalue weighted by Gasteiger charge is 2.46. The molecule has 0 aromatic heterocycles. The molecule has 1 fully saturated rings. The second-order valence-corrected chi connectivity index (χ2v) is 8.04. The van der Waals surface area contributed by atoms with Crippen molar-refractivity contribution < 1.29 is 5.11 Å². The Bertz CT molecular complexity index is 505. The lowest BCUT2D eigenvalue weighted by Gasteiger charge is -2.51. The zero-order valence-corrected chi connectivity index (χ0v) is 13.9. The molecule has 2 aliphatic rings. The SMILES string of the molecule is CC(C)CCC1CCCC2c3ccc(O)cc3CC[C@@]12C. The van der Waals surface area contributed by atoms with Crippen molar-refractivity contribution >= 4 is 0 Å². The van der Waals surface area contributed by atoms with E-state index in [-0.39, 0.29) is 0 Å². The molecule has 0 amide bonds. The van der Waals surface area contributed by atoms with Crippen LogP contribution in [-0.2, 0) is 6.42 Å². The molecule has 1 aromatic carbocycles. The number of aryl methyl sites for hydroxylation is 1. The lowest BCUT2D eigenvalue weighted by atomic mass is 9.53. The van der Waals surface area contributed by atoms with Crippen LogP contribution in [0.4, 0.5) is 0 Å². The molecule has 1 N–H and O–H groups in total. The minimum absolute atomic E-state index is 0.435. The zero-order valence-electron chi connectivity index (χ0n) is 13.9. The lowest BCUT2D eigenvalue weighted by Crippen LogP contribution is -2.41. The first-order valence-corrected chi connectivity index (χ1v) is 8.82. The maximum Gasteiger partial charge on any atom is 0.115 e. The van der Waals surface area contributed by atoms with E-state index in [1.165, 1.54) is 49.7 Å². The van der Waals surface area contributed by atoms with Crippen molar-refractivity contribution in [3.8, 4) is 5.75 Å². The van der Waals surface area contributed by atoms with Gasteiger partial charge in [-0.15, -0.1) is 0 Å². The van der Waals surface area contributed by atoms with Crippen LogP contribution in [0.15, 0.2) is 18.2 Å². The number of hydrogen-bond acceptors (Lipinski definition) is 1. The molecule has 0 spiro atoms. The lowest BCUT2D eigenvalue weighted by molar-refractivity contribution is 0.0557. The fourth-order valence-corrected chi connectivity index (χ4v) is 4.96. The summed E-state index contributed by atoms with van der Waals surface area (Å²) in [5.74, 6) is 2.86. The summed E-state index contributed by atoms with van der Waals surface area (Å²) in [5, 5.41) is 9.75. The van der Waals surface area contributed by atoms with Crippen LogP contribution in [0, 0.1) is 17.3 Å². The standard InChI is InChI=1S/C20H30O/c1-14(2)7-8-16-5-4-6-19-18-10-9-17(21)13-15(18)11-12-20(16,19)3/h9-10,13-14,16,19,21H,4-8,11-12H2,1-3H3/t16?,19?,20-/m0/s1. The van der Waals surface area contributed by atoms with Gasteiger partial charge in [0.25, 0.3) is 0 Å². The van der Waals surface area contributed by atoms with Crippen LogP contribution in [0.2, 0.25) is 0 Å². The van der Waals surface area contributed by atoms with Gasteiger partial charge < -0.3 is 5.11 Å². The molecule has 0 aliphatic heterocycles. The van der Waals surface area contributed by atoms with E-state index >= 15 is 0 Å². The van der Waals surface area contributed by atoms with Gasteiger partial charge >= 0.3 is 0 Å². The summed E-state index contributed by atoms with van der Waals surface area (Å²) in [7, 11) is 0. The Balaban J connectivity index is 1.87. The summed E-state index contributed by atoms with van der Waals surface area (Å²) in [6, 6.07) is 6.10. The van der Waals surface area contributed by atoms with Crippen molar-refractivity contribution in [2.24, 2.45) is 17.3 Å². The van der Waals surface area contributed by atoms with Crippen LogP contribution in [0.1, 0.15) is 76.3 Å². The Hall–Kier alpha value is -0.980. The molecular weight excluding hydrogens is 256 g/mol. The summed E-state index contributed by atoms with van der Waals surface area (Å²) in [4.78, 5) is 0. The largest absolute Gasteiger partial charge is 0.508 e. The Labute approximate surface area is 129 Å². The van der Waals surface area contributed by atoms with E-state index in [0.29, 0.717) is 17.1 Å². The van der Waals surface area contributed by atoms with Gasteiger partial charge in [-0.3, -0.25) is 0 Å². The molecule has 0 bridgehead atoms. The van der Waals surface area contributed by atoms with Crippen molar-refractivity contribution in [1.29, 1.82) is 0 Å². The van der Waals surface area contributed by atoms with E-state index in [0.717, 1.165) is 18.3 Å². The average Bonchev–Trinajstić information content (AvgIpc) is 2.44. The highest BCUT2D eigenvalue weighted by Crippen LogP contribution is 2.57. The number of rotatable bonds is 3. The number of phenolic OH excluding ortho intramolecular Hbond substituents is 1. The fraction of sp³-hybridized carbons (Fsp3) is 0.700. The Kier molecular flexibility index (Phi) is 4.03. The first-order valence-electron chi connectivity index (χ1n) is 8.82. The van der Waals surface area contributed by atoms with Gasteiger partial charge in [0.15, 0.2) is 0 Å². The minimum Gasteiger partial charge on any atom is -0.508 e. The summed E-state index contributed by atoms with van der Waals surface area (Å²) < 4.78 is 0. The van der Waals surface area contributed by atoms with Crippen molar-refractivity contribution in [1.82, 2.24) is 0 Å². The third-order valence-corrected chi connectivity index (χ3v) is 6.30. The fourth-order valence-electron chi connectivity index (χ4n) is 4.96. The summed E-state index contributed by atoms with van der Waals surface area (Å²) in [6.45, 7) is 7.25. The Morgan fingerprint density at radius 1 is 1.29 bits per heavy atom. The molecule has 2 aliphatic carbocycles. The van der Waals surface area contributed by atoms with Crippen molar-refractivity contribution in [2.75, 3.05) is 0 Å².